The largest absolute Gasteiger partial charge is 0.303 e. The van der Waals surface area contributed by atoms with Crippen LogP contribution >= 0.6 is 0 Å². The fourth-order valence-corrected chi connectivity index (χ4v) is 5.40. The number of nitro groups is 1. The third-order valence-corrected chi connectivity index (χ3v) is 7.76. The van der Waals surface area contributed by atoms with E-state index in [1.807, 2.05) is 0 Å². The third-order valence-electron chi connectivity index (χ3n) is 6.63. The molecule has 40 heavy (non-hydrogen) atoms. The molecular formula is C27H23F2N5O5S. The maximum absolute atomic E-state index is 15.4. The fourth-order valence-electron chi connectivity index (χ4n) is 4.52. The standard InChI is InChI=1S/C27H23F2N5O5S/c1-32-23(9-10-31-32)26-20(29)11-16(12-24(26)34(36)37)15-33(22-8-6-19(28)13-25(22)40(2,38)39)27(35)18-5-7-21(30-14-18)17-3-4-17/h5-14,17H,3-4,15H2,1-2H3. The molecule has 10 nitrogen and oxygen atoms in total. The van der Waals surface area contributed by atoms with Gasteiger partial charge in [0.2, 0.25) is 0 Å². The van der Waals surface area contributed by atoms with E-state index in [2.05, 4.69) is 10.1 Å². The summed E-state index contributed by atoms with van der Waals surface area (Å²) in [5.74, 6) is -2.15. The van der Waals surface area contributed by atoms with Crippen molar-refractivity contribution in [1.82, 2.24) is 14.8 Å². The molecule has 0 radical (unpaired) electrons. The Morgan fingerprint density at radius 2 is 1.90 bits per heavy atom. The highest BCUT2D eigenvalue weighted by atomic mass is 32.2. The van der Waals surface area contributed by atoms with E-state index >= 15 is 4.39 Å². The van der Waals surface area contributed by atoms with E-state index in [0.717, 1.165) is 60.0 Å². The second-order valence-electron chi connectivity index (χ2n) is 9.59. The number of carbonyl (C=O) groups is 1. The van der Waals surface area contributed by atoms with Crippen LogP contribution in [0.3, 0.4) is 0 Å². The van der Waals surface area contributed by atoms with Crippen LogP contribution in [-0.4, -0.2) is 40.3 Å². The van der Waals surface area contributed by atoms with E-state index < -0.39 is 49.4 Å². The number of hydrogen-bond donors (Lipinski definition) is 0. The number of nitro benzene ring substituents is 1. The van der Waals surface area contributed by atoms with Gasteiger partial charge in [-0.3, -0.25) is 24.6 Å². The van der Waals surface area contributed by atoms with Crippen molar-refractivity contribution in [2.45, 2.75) is 30.2 Å². The van der Waals surface area contributed by atoms with Crippen molar-refractivity contribution in [2.24, 2.45) is 7.05 Å². The van der Waals surface area contributed by atoms with Crippen LogP contribution in [0.5, 0.6) is 0 Å². The Bertz CT molecular complexity index is 1750. The summed E-state index contributed by atoms with van der Waals surface area (Å²) in [4.78, 5) is 29.9. The van der Waals surface area contributed by atoms with Gasteiger partial charge in [-0.25, -0.2) is 17.2 Å². The van der Waals surface area contributed by atoms with Gasteiger partial charge in [-0.2, -0.15) is 5.10 Å². The van der Waals surface area contributed by atoms with Crippen LogP contribution in [0.1, 0.15) is 40.4 Å². The molecular weight excluding hydrogens is 544 g/mol. The molecule has 1 saturated carbocycles. The number of benzene rings is 2. The zero-order valence-corrected chi connectivity index (χ0v) is 22.2. The lowest BCUT2D eigenvalue weighted by atomic mass is 10.0. The highest BCUT2D eigenvalue weighted by Gasteiger charge is 2.30. The monoisotopic (exact) mass is 567 g/mol. The van der Waals surface area contributed by atoms with E-state index in [9.17, 15) is 27.7 Å². The highest BCUT2D eigenvalue weighted by molar-refractivity contribution is 7.90. The summed E-state index contributed by atoms with van der Waals surface area (Å²) in [6.07, 6.45) is 5.60. The van der Waals surface area contributed by atoms with Crippen LogP contribution in [0.2, 0.25) is 0 Å². The van der Waals surface area contributed by atoms with Gasteiger partial charge < -0.3 is 4.90 Å². The van der Waals surface area contributed by atoms with Crippen molar-refractivity contribution in [3.8, 4) is 11.3 Å². The molecule has 5 rings (SSSR count). The number of hydrogen-bond acceptors (Lipinski definition) is 7. The number of amides is 1. The Balaban J connectivity index is 1.63. The van der Waals surface area contributed by atoms with Crippen molar-refractivity contribution < 1.29 is 26.9 Å². The van der Waals surface area contributed by atoms with Crippen molar-refractivity contribution in [1.29, 1.82) is 0 Å². The Morgan fingerprint density at radius 3 is 2.48 bits per heavy atom. The quantitative estimate of drug-likeness (QED) is 0.221. The first kappa shape index (κ1) is 27.1. The molecule has 0 atom stereocenters. The minimum Gasteiger partial charge on any atom is -0.303 e. The van der Waals surface area contributed by atoms with Gasteiger partial charge in [0.1, 0.15) is 17.2 Å². The zero-order valence-electron chi connectivity index (χ0n) is 21.4. The van der Waals surface area contributed by atoms with Crippen molar-refractivity contribution >= 4 is 27.1 Å². The molecule has 4 aromatic rings. The van der Waals surface area contributed by atoms with Gasteiger partial charge in [0.25, 0.3) is 11.6 Å². The first-order valence-electron chi connectivity index (χ1n) is 12.2. The average Bonchev–Trinajstić information content (AvgIpc) is 3.67. The van der Waals surface area contributed by atoms with Crippen LogP contribution in [0.15, 0.2) is 65.8 Å². The molecule has 206 valence electrons. The summed E-state index contributed by atoms with van der Waals surface area (Å²) in [6, 6.07) is 9.74. The Kier molecular flexibility index (Phi) is 6.92. The maximum atomic E-state index is 15.4. The molecule has 0 N–H and O–H groups in total. The molecule has 13 heteroatoms. The lowest BCUT2D eigenvalue weighted by Gasteiger charge is -2.25. The Labute approximate surface area is 228 Å². The number of carbonyl (C=O) groups excluding carboxylic acids is 1. The minimum absolute atomic E-state index is 0.00908. The van der Waals surface area contributed by atoms with Crippen LogP contribution in [0, 0.1) is 21.7 Å². The van der Waals surface area contributed by atoms with E-state index in [1.165, 1.54) is 30.2 Å². The molecule has 0 aliphatic heterocycles. The third kappa shape index (κ3) is 5.32. The Morgan fingerprint density at radius 1 is 1.15 bits per heavy atom. The van der Waals surface area contributed by atoms with E-state index in [0.29, 0.717) is 5.92 Å². The highest BCUT2D eigenvalue weighted by Crippen LogP contribution is 2.39. The summed E-state index contributed by atoms with van der Waals surface area (Å²) in [6.45, 7) is -0.458. The predicted octanol–water partition coefficient (Wildman–Crippen LogP) is 4.80. The molecule has 0 bridgehead atoms. The summed E-state index contributed by atoms with van der Waals surface area (Å²) in [5, 5.41) is 15.9. The molecule has 2 aromatic carbocycles. The number of aryl methyl sites for hydroxylation is 1. The first-order valence-corrected chi connectivity index (χ1v) is 14.1. The summed E-state index contributed by atoms with van der Waals surface area (Å²) in [5.41, 5.74) is 0.0888. The minimum atomic E-state index is -4.03. The van der Waals surface area contributed by atoms with Gasteiger partial charge in [-0.05, 0) is 60.9 Å². The van der Waals surface area contributed by atoms with Crippen molar-refractivity contribution in [3.63, 3.8) is 0 Å². The SMILES string of the molecule is Cn1nccc1-c1c(F)cc(CN(C(=O)c2ccc(C3CC3)nc2)c2ccc(F)cc2S(C)(=O)=O)cc1[N+](=O)[O-]. The van der Waals surface area contributed by atoms with Crippen LogP contribution in [-0.2, 0) is 23.4 Å². The summed E-state index contributed by atoms with van der Waals surface area (Å²) >= 11 is 0. The van der Waals surface area contributed by atoms with Crippen molar-refractivity contribution in [2.75, 3.05) is 11.2 Å². The lowest BCUT2D eigenvalue weighted by Crippen LogP contribution is -2.32. The smallest absolute Gasteiger partial charge is 0.282 e. The van der Waals surface area contributed by atoms with Gasteiger partial charge in [0, 0.05) is 43.4 Å². The predicted molar refractivity (Wildman–Crippen MR) is 141 cm³/mol. The zero-order chi connectivity index (χ0) is 28.8. The second kappa shape index (κ2) is 10.2. The number of aromatic nitrogens is 3. The molecule has 0 saturated heterocycles. The molecule has 0 unspecified atom stereocenters. The molecule has 1 aliphatic carbocycles. The molecule has 1 amide bonds. The maximum Gasteiger partial charge on any atom is 0.282 e. The van der Waals surface area contributed by atoms with E-state index in [1.54, 1.807) is 12.1 Å². The van der Waals surface area contributed by atoms with E-state index in [-0.39, 0.29) is 28.1 Å². The number of nitrogens with zero attached hydrogens (tertiary/aromatic N) is 5. The lowest BCUT2D eigenvalue weighted by molar-refractivity contribution is -0.384. The molecule has 0 spiro atoms. The number of pyridine rings is 1. The van der Waals surface area contributed by atoms with Gasteiger partial charge >= 0.3 is 0 Å². The summed E-state index contributed by atoms with van der Waals surface area (Å²) in [7, 11) is -2.52. The van der Waals surface area contributed by atoms with Crippen LogP contribution in [0.25, 0.3) is 11.3 Å². The Hall–Kier alpha value is -4.52. The topological polar surface area (TPSA) is 128 Å². The van der Waals surface area contributed by atoms with Gasteiger partial charge in [-0.1, -0.05) is 0 Å². The molecule has 2 aromatic heterocycles. The van der Waals surface area contributed by atoms with E-state index in [4.69, 9.17) is 0 Å². The normalized spacial score (nSPS) is 13.3. The number of halogens is 2. The molecule has 1 aliphatic rings. The van der Waals surface area contributed by atoms with Crippen LogP contribution in [0.4, 0.5) is 20.2 Å². The first-order chi connectivity index (χ1) is 18.9. The second-order valence-corrected chi connectivity index (χ2v) is 11.6. The van der Waals surface area contributed by atoms with Gasteiger partial charge in [0.05, 0.1) is 33.3 Å². The van der Waals surface area contributed by atoms with Gasteiger partial charge in [0.15, 0.2) is 9.84 Å². The number of sulfone groups is 1. The summed E-state index contributed by atoms with van der Waals surface area (Å²) < 4.78 is 56.0. The average molecular weight is 568 g/mol. The van der Waals surface area contributed by atoms with Gasteiger partial charge in [-0.15, -0.1) is 0 Å². The number of anilines is 1. The van der Waals surface area contributed by atoms with Crippen LogP contribution < -0.4 is 4.90 Å². The molecule has 2 heterocycles. The molecule has 1 fully saturated rings. The fraction of sp³-hybridized carbons (Fsp3) is 0.222. The number of rotatable bonds is 8. The van der Waals surface area contributed by atoms with Crippen molar-refractivity contribution in [3.05, 3.63) is 99.5 Å².